The molecule has 0 amide bonds. The lowest BCUT2D eigenvalue weighted by atomic mass is 10.0. The van der Waals surface area contributed by atoms with Gasteiger partial charge in [-0.25, -0.2) is 0 Å². The summed E-state index contributed by atoms with van der Waals surface area (Å²) in [4.78, 5) is 36.5. The Morgan fingerprint density at radius 1 is 0.358 bits per heavy atom. The molecule has 0 spiro atoms. The Kier molecular flexibility index (Phi) is 31.8. The standard InChI is InChI=1S/C33H34N3O2S.C31H32N3O2S.C27H31N2S.C25H29N2S/c1-3-4-5-8-18-34-20-17-24(28-11-6-7-12-30(28)34)13-14-25-10-9-19-35-31-16-15-27-23(2)21-26(36(37)38)22-29(27)32(31)39-33(25)35;1-4-5-6-9-18-33-19-17-23(26-12-7-8-13-28(26)33)11-10-14-30-32(3)29-16-15-25-22(2)20-24(34(35)36)21-27(25)31(29)37-30;1-4-5-6-9-18-29-19-17-22(23-12-7-8-13-24(23)29)11-10-14-27-28(3)25-16-15-21(2)20-26(25)30-27;1-4-5-6-9-15-27-16-14-20(21-10-7-8-11-22(21)27)18-25-26(3)23-13-12-19(2)17-24(23)28-25/h6-7,11-17,20-22H,3-5,8-10,18-19H2,1-2H3;7-8,10-17,19-21H,4-6,9,18H2,1-3H3;7-8,10-17,19-20H,4-6,9,18H2,1-3H3;7-8,10-14,16-18H,4-6,9,15H2,1-3H3/q4*+1. The van der Waals surface area contributed by atoms with Gasteiger partial charge in [0.1, 0.15) is 26.2 Å². The highest BCUT2D eigenvalue weighted by Crippen LogP contribution is 2.55. The van der Waals surface area contributed by atoms with E-state index in [2.05, 4.69) is 355 Å². The molecule has 5 aliphatic heterocycles. The number of non-ortho nitro benzene ring substituents is 2. The number of aromatic nitrogens is 4. The number of fused-ring (bicyclic) bond motifs is 14. The fourth-order valence-electron chi connectivity index (χ4n) is 18.9. The van der Waals surface area contributed by atoms with Gasteiger partial charge in [-0.3, -0.25) is 20.2 Å². The van der Waals surface area contributed by atoms with E-state index in [1.165, 1.54) is 227 Å². The summed E-state index contributed by atoms with van der Waals surface area (Å²) in [5, 5.41) is 37.2. The van der Waals surface area contributed by atoms with Gasteiger partial charge in [-0.1, -0.05) is 235 Å². The van der Waals surface area contributed by atoms with Crippen molar-refractivity contribution in [3.8, 4) is 0 Å². The number of anilines is 4. The second-order valence-electron chi connectivity index (χ2n) is 35.9. The number of nitrogens with zero attached hydrogens (tertiary/aromatic N) is 10. The summed E-state index contributed by atoms with van der Waals surface area (Å²) in [5.41, 5.74) is 21.1. The van der Waals surface area contributed by atoms with Crippen LogP contribution in [0.15, 0.2) is 307 Å². The van der Waals surface area contributed by atoms with E-state index in [0.29, 0.717) is 0 Å². The highest BCUT2D eigenvalue weighted by atomic mass is 32.2. The van der Waals surface area contributed by atoms with Crippen LogP contribution in [0, 0.1) is 47.9 Å². The Balaban J connectivity index is 0.000000131. The van der Waals surface area contributed by atoms with Gasteiger partial charge in [-0.05, 0) is 206 Å². The highest BCUT2D eigenvalue weighted by Gasteiger charge is 2.34. The molecule has 4 aromatic heterocycles. The molecule has 9 heterocycles. The highest BCUT2D eigenvalue weighted by molar-refractivity contribution is 8.04. The van der Waals surface area contributed by atoms with E-state index >= 15 is 0 Å². The molecule has 0 saturated carbocycles. The van der Waals surface area contributed by atoms with E-state index in [1.54, 1.807) is 47.8 Å². The number of thioether (sulfide) groups is 4. The van der Waals surface area contributed by atoms with Gasteiger partial charge in [0.05, 0.1) is 74.3 Å². The van der Waals surface area contributed by atoms with Crippen molar-refractivity contribution < 1.29 is 28.1 Å². The molecule has 19 rings (SSSR count). The van der Waals surface area contributed by atoms with Gasteiger partial charge in [0.25, 0.3) is 11.4 Å². The molecule has 18 heteroatoms. The first-order chi connectivity index (χ1) is 65.4. The third-order valence-electron chi connectivity index (χ3n) is 26.3. The van der Waals surface area contributed by atoms with Crippen LogP contribution in [-0.2, 0) is 26.2 Å². The summed E-state index contributed by atoms with van der Waals surface area (Å²) >= 11 is 7.14. The maximum absolute atomic E-state index is 11.6. The van der Waals surface area contributed by atoms with Crippen molar-refractivity contribution in [2.45, 2.75) is 217 Å². The summed E-state index contributed by atoms with van der Waals surface area (Å²) in [7, 11) is 6.36. The van der Waals surface area contributed by atoms with Gasteiger partial charge in [0, 0.05) is 157 Å². The van der Waals surface area contributed by atoms with E-state index in [-0.39, 0.29) is 21.2 Å². The van der Waals surface area contributed by atoms with Crippen LogP contribution in [0.5, 0.6) is 0 Å². The molecule has 684 valence electrons. The number of pyridine rings is 4. The van der Waals surface area contributed by atoms with Crippen LogP contribution >= 0.6 is 47.0 Å². The minimum absolute atomic E-state index is 0.137. The maximum atomic E-state index is 11.6. The van der Waals surface area contributed by atoms with Gasteiger partial charge >= 0.3 is 0 Å². The number of rotatable bonds is 29. The lowest BCUT2D eigenvalue weighted by molar-refractivity contribution is -0.672. The number of hydrogen-bond acceptors (Lipinski definition) is 12. The van der Waals surface area contributed by atoms with Crippen LogP contribution in [0.1, 0.15) is 188 Å². The van der Waals surface area contributed by atoms with E-state index < -0.39 is 0 Å². The first kappa shape index (κ1) is 95.1. The molecule has 0 aliphatic carbocycles. The SMILES string of the molecule is CCCCCC[n+]1ccc(C=C2Sc3cc(C)ccc3N2C)c2ccccc21.CCCCCC[n+]1ccc(C=CC2=C3Sc4c(ccc5c(C)cc([N+](=O)[O-])cc45)N3CCC2)c2ccccc21.CCCCCC[n+]1ccc(C=CC=C2Sc3c(ccc4c(C)cc([N+](=O)[O-])cc34)N2C)c2ccccc21.CCCCCC[n+]1ccc(C=CC=C2Sc3cc(C)ccc3N2C)c2ccccc21. The van der Waals surface area contributed by atoms with Gasteiger partial charge < -0.3 is 19.6 Å². The number of hydrogen-bond donors (Lipinski definition) is 0. The molecule has 0 fully saturated rings. The maximum Gasteiger partial charge on any atom is 0.270 e. The Bertz CT molecular complexity index is 6970. The molecule has 0 atom stereocenters. The number of benzene rings is 10. The molecule has 0 bridgehead atoms. The molecule has 134 heavy (non-hydrogen) atoms. The van der Waals surface area contributed by atoms with Gasteiger partial charge in [-0.2, -0.15) is 18.3 Å². The molecule has 0 N–H and O–H groups in total. The second-order valence-corrected chi connectivity index (χ2v) is 40.0. The number of nitro groups is 2. The van der Waals surface area contributed by atoms with Crippen molar-refractivity contribution in [3.05, 3.63) is 352 Å². The van der Waals surface area contributed by atoms with Crippen molar-refractivity contribution in [2.75, 3.05) is 47.3 Å². The largest absolute Gasteiger partial charge is 0.338 e. The third-order valence-corrected chi connectivity index (χ3v) is 31.2. The minimum atomic E-state index is -0.312. The molecule has 0 unspecified atom stereocenters. The normalized spacial score (nSPS) is 14.8. The lowest BCUT2D eigenvalue weighted by Crippen LogP contribution is -2.34. The molecule has 10 aromatic carbocycles. The molecule has 14 nitrogen and oxygen atoms in total. The van der Waals surface area contributed by atoms with Crippen LogP contribution in [-0.4, -0.2) is 37.5 Å². The molecule has 14 aromatic rings. The Hall–Kier alpha value is -12.1. The summed E-state index contributed by atoms with van der Waals surface area (Å²) in [6.07, 6.45) is 51.4. The predicted octanol–water partition coefficient (Wildman–Crippen LogP) is 30.6. The van der Waals surface area contributed by atoms with E-state index in [1.807, 2.05) is 44.4 Å². The summed E-state index contributed by atoms with van der Waals surface area (Å²) in [5.74, 6) is 0. The molecular formula is C116H126N10O4S4+4. The lowest BCUT2D eigenvalue weighted by Gasteiger charge is -2.27. The topological polar surface area (TPSA) is 115 Å². The quantitative estimate of drug-likeness (QED) is 0.0192. The number of allylic oxidation sites excluding steroid dienone is 6. The molecule has 0 saturated heterocycles. The van der Waals surface area contributed by atoms with Crippen molar-refractivity contribution in [1.82, 2.24) is 0 Å². The first-order valence-corrected chi connectivity index (χ1v) is 51.5. The van der Waals surface area contributed by atoms with Gasteiger partial charge in [-0.15, -0.1) is 0 Å². The Labute approximate surface area is 808 Å². The van der Waals surface area contributed by atoms with Crippen LogP contribution in [0.4, 0.5) is 34.1 Å². The molecular weight excluding hydrogens is 1730 g/mol. The fraction of sp³-hybridized carbons (Fsp3) is 0.293. The smallest absolute Gasteiger partial charge is 0.270 e. The summed E-state index contributed by atoms with van der Waals surface area (Å²) in [6, 6.07) is 72.5. The van der Waals surface area contributed by atoms with Gasteiger partial charge in [0.15, 0.2) is 24.8 Å². The zero-order valence-electron chi connectivity index (χ0n) is 79.6. The van der Waals surface area contributed by atoms with Crippen molar-refractivity contribution in [1.29, 1.82) is 0 Å². The van der Waals surface area contributed by atoms with Crippen LogP contribution in [0.2, 0.25) is 0 Å². The monoisotopic (exact) mass is 1850 g/mol. The van der Waals surface area contributed by atoms with E-state index in [0.717, 1.165) is 98.7 Å². The van der Waals surface area contributed by atoms with Gasteiger partial charge in [0.2, 0.25) is 22.1 Å². The van der Waals surface area contributed by atoms with E-state index in [9.17, 15) is 20.2 Å². The number of unbranched alkanes of at least 4 members (excludes halogenated alkanes) is 12. The Morgan fingerprint density at radius 3 is 1.17 bits per heavy atom. The fourth-order valence-corrected chi connectivity index (χ4v) is 23.8. The zero-order chi connectivity index (χ0) is 93.3. The number of nitro benzene ring substituents is 2. The molecule has 5 aliphatic rings. The minimum Gasteiger partial charge on any atom is -0.338 e. The van der Waals surface area contributed by atoms with Crippen LogP contribution in [0.3, 0.4) is 0 Å². The number of aryl methyl sites for hydroxylation is 8. The van der Waals surface area contributed by atoms with Crippen molar-refractivity contribution in [3.63, 3.8) is 0 Å². The average molecular weight is 1850 g/mol. The number of para-hydroxylation sites is 4. The third kappa shape index (κ3) is 21.8. The predicted molar refractivity (Wildman–Crippen MR) is 570 cm³/mol. The second kappa shape index (κ2) is 44.9. The summed E-state index contributed by atoms with van der Waals surface area (Å²) < 4.78 is 9.57. The van der Waals surface area contributed by atoms with Crippen LogP contribution < -0.4 is 37.9 Å². The summed E-state index contributed by atoms with van der Waals surface area (Å²) in [6.45, 7) is 22.5. The first-order valence-electron chi connectivity index (χ1n) is 48.3. The average Bonchev–Trinajstić information content (AvgIpc) is 1.59. The van der Waals surface area contributed by atoms with E-state index in [4.69, 9.17) is 0 Å². The Morgan fingerprint density at radius 2 is 0.731 bits per heavy atom. The molecule has 0 radical (unpaired) electrons. The zero-order valence-corrected chi connectivity index (χ0v) is 82.9. The van der Waals surface area contributed by atoms with Crippen molar-refractivity contribution in [2.24, 2.45) is 0 Å². The van der Waals surface area contributed by atoms with Crippen molar-refractivity contribution >= 4 is 171 Å². The van der Waals surface area contributed by atoms with Crippen LogP contribution in [0.25, 0.3) is 89.5 Å².